The van der Waals surface area contributed by atoms with E-state index in [1.807, 2.05) is 0 Å². The van der Waals surface area contributed by atoms with Crippen LogP contribution in [0.1, 0.15) is 12.0 Å². The smallest absolute Gasteiger partial charge is 0.360 e. The summed E-state index contributed by atoms with van der Waals surface area (Å²) in [5.41, 5.74) is -1.84. The van der Waals surface area contributed by atoms with Crippen LogP contribution in [0, 0.1) is 10.1 Å². The van der Waals surface area contributed by atoms with Gasteiger partial charge in [-0.15, -0.1) is 0 Å². The molecule has 6 nitrogen and oxygen atoms in total. The van der Waals surface area contributed by atoms with Crippen LogP contribution in [0.25, 0.3) is 0 Å². The van der Waals surface area contributed by atoms with Gasteiger partial charge in [0.15, 0.2) is 5.79 Å². The van der Waals surface area contributed by atoms with Crippen molar-refractivity contribution in [3.05, 3.63) is 32.8 Å². The van der Waals surface area contributed by atoms with Crippen LogP contribution in [0.15, 0.2) is 12.1 Å². The van der Waals surface area contributed by atoms with E-state index in [1.54, 1.807) is 4.90 Å². The molecule has 2 saturated heterocycles. The molecule has 2 aliphatic heterocycles. The van der Waals surface area contributed by atoms with E-state index in [9.17, 15) is 23.3 Å². The van der Waals surface area contributed by atoms with Gasteiger partial charge in [-0.2, -0.15) is 13.2 Å². The third-order valence-corrected chi connectivity index (χ3v) is 4.23. The first-order valence-corrected chi connectivity index (χ1v) is 7.18. The first kappa shape index (κ1) is 16.3. The first-order valence-electron chi connectivity index (χ1n) is 6.80. The summed E-state index contributed by atoms with van der Waals surface area (Å²) in [5.74, 6) is -0.844. The Labute approximate surface area is 133 Å². The molecule has 1 aromatic carbocycles. The maximum absolute atomic E-state index is 12.9. The highest BCUT2D eigenvalue weighted by Crippen LogP contribution is 2.43. The van der Waals surface area contributed by atoms with Crippen molar-refractivity contribution in [1.29, 1.82) is 0 Å². The summed E-state index contributed by atoms with van der Waals surface area (Å²) < 4.78 is 49.7. The van der Waals surface area contributed by atoms with Gasteiger partial charge in [-0.1, -0.05) is 11.6 Å². The van der Waals surface area contributed by atoms with Gasteiger partial charge in [-0.05, 0) is 6.07 Å². The van der Waals surface area contributed by atoms with Crippen molar-refractivity contribution in [3.63, 3.8) is 0 Å². The largest absolute Gasteiger partial charge is 0.418 e. The topological polar surface area (TPSA) is 64.8 Å². The number of rotatable bonds is 2. The van der Waals surface area contributed by atoms with Crippen molar-refractivity contribution in [2.45, 2.75) is 18.4 Å². The Morgan fingerprint density at radius 3 is 2.52 bits per heavy atom. The number of ether oxygens (including phenoxy) is 2. The number of benzene rings is 1. The summed E-state index contributed by atoms with van der Waals surface area (Å²) in [6.07, 6.45) is -4.28. The molecule has 0 radical (unpaired) electrons. The van der Waals surface area contributed by atoms with Crippen LogP contribution < -0.4 is 4.90 Å². The van der Waals surface area contributed by atoms with Gasteiger partial charge in [0.1, 0.15) is 5.69 Å². The van der Waals surface area contributed by atoms with Crippen LogP contribution in [0.3, 0.4) is 0 Å². The molecule has 0 amide bonds. The normalized spacial score (nSPS) is 20.4. The number of alkyl halides is 3. The third-order valence-electron chi connectivity index (χ3n) is 3.91. The average Bonchev–Trinajstić information content (AvgIpc) is 3.07. The molecule has 23 heavy (non-hydrogen) atoms. The molecule has 0 bridgehead atoms. The van der Waals surface area contributed by atoms with Gasteiger partial charge >= 0.3 is 6.18 Å². The molecule has 0 aromatic heterocycles. The van der Waals surface area contributed by atoms with Crippen molar-refractivity contribution in [3.8, 4) is 0 Å². The minimum absolute atomic E-state index is 0.0315. The van der Waals surface area contributed by atoms with E-state index < -0.39 is 33.2 Å². The van der Waals surface area contributed by atoms with Crippen molar-refractivity contribution < 1.29 is 27.6 Å². The van der Waals surface area contributed by atoms with Gasteiger partial charge in [-0.25, -0.2) is 0 Å². The van der Waals surface area contributed by atoms with Crippen molar-refractivity contribution >= 4 is 23.0 Å². The highest BCUT2D eigenvalue weighted by atomic mass is 35.5. The van der Waals surface area contributed by atoms with Gasteiger partial charge in [0, 0.05) is 19.0 Å². The van der Waals surface area contributed by atoms with E-state index in [2.05, 4.69) is 0 Å². The van der Waals surface area contributed by atoms with E-state index in [0.29, 0.717) is 32.2 Å². The molecule has 126 valence electrons. The van der Waals surface area contributed by atoms with Gasteiger partial charge < -0.3 is 14.4 Å². The fraction of sp³-hybridized carbons (Fsp3) is 0.538. The van der Waals surface area contributed by atoms with Crippen molar-refractivity contribution in [2.75, 3.05) is 31.2 Å². The maximum atomic E-state index is 12.9. The lowest BCUT2D eigenvalue weighted by molar-refractivity contribution is -0.384. The third kappa shape index (κ3) is 2.96. The molecule has 0 N–H and O–H groups in total. The summed E-state index contributed by atoms with van der Waals surface area (Å²) >= 11 is 5.69. The summed E-state index contributed by atoms with van der Waals surface area (Å²) in [5, 5.41) is 10.6. The Kier molecular flexibility index (Phi) is 3.89. The second-order valence-corrected chi connectivity index (χ2v) is 5.76. The molecular weight excluding hydrogens is 341 g/mol. The monoisotopic (exact) mass is 352 g/mol. The van der Waals surface area contributed by atoms with Crippen LogP contribution in [-0.2, 0) is 15.7 Å². The molecule has 0 unspecified atom stereocenters. The van der Waals surface area contributed by atoms with E-state index in [4.69, 9.17) is 21.1 Å². The Hall–Kier alpha value is -1.58. The number of anilines is 1. The molecule has 2 aliphatic rings. The molecule has 10 heteroatoms. The second kappa shape index (κ2) is 5.50. The molecule has 1 aromatic rings. The number of nitrogens with zero attached hydrogens (tertiary/aromatic N) is 2. The molecule has 0 saturated carbocycles. The zero-order valence-electron chi connectivity index (χ0n) is 11.7. The first-order chi connectivity index (χ1) is 10.7. The van der Waals surface area contributed by atoms with Crippen molar-refractivity contribution in [1.82, 2.24) is 0 Å². The number of hydrogen-bond donors (Lipinski definition) is 0. The Morgan fingerprint density at radius 2 is 1.96 bits per heavy atom. The molecule has 3 rings (SSSR count). The summed E-state index contributed by atoms with van der Waals surface area (Å²) in [4.78, 5) is 11.9. The predicted octanol–water partition coefficient (Wildman–Crippen LogP) is 3.22. The zero-order chi connectivity index (χ0) is 16.8. The summed E-state index contributed by atoms with van der Waals surface area (Å²) in [6, 6.07) is 1.45. The predicted molar refractivity (Wildman–Crippen MR) is 74.6 cm³/mol. The Morgan fingerprint density at radius 1 is 1.30 bits per heavy atom. The SMILES string of the molecule is O=[N+]([O-])c1cc(C(F)(F)F)c(Cl)cc1N1CCC2(C1)OCCO2. The minimum atomic E-state index is -4.76. The second-order valence-electron chi connectivity index (χ2n) is 5.35. The Bertz CT molecular complexity index is 647. The highest BCUT2D eigenvalue weighted by Gasteiger charge is 2.45. The Balaban J connectivity index is 1.99. The number of halogens is 4. The van der Waals surface area contributed by atoms with E-state index >= 15 is 0 Å². The van der Waals surface area contributed by atoms with Crippen LogP contribution in [-0.4, -0.2) is 37.0 Å². The van der Waals surface area contributed by atoms with Crippen LogP contribution in [0.4, 0.5) is 24.5 Å². The summed E-state index contributed by atoms with van der Waals surface area (Å²) in [7, 11) is 0. The lowest BCUT2D eigenvalue weighted by Gasteiger charge is -2.24. The fourth-order valence-corrected chi connectivity index (χ4v) is 3.13. The van der Waals surface area contributed by atoms with Crippen LogP contribution >= 0.6 is 11.6 Å². The molecule has 0 aliphatic carbocycles. The quantitative estimate of drug-likeness (QED) is 0.604. The number of hydrogen-bond acceptors (Lipinski definition) is 5. The van der Waals surface area contributed by atoms with E-state index in [1.165, 1.54) is 0 Å². The molecule has 1 spiro atoms. The lowest BCUT2D eigenvalue weighted by Crippen LogP contribution is -2.34. The lowest BCUT2D eigenvalue weighted by atomic mass is 10.1. The standard InChI is InChI=1S/C13H12ClF3N2O4/c14-9-6-10(11(19(20)21)5-8(9)13(15,16)17)18-2-1-12(7-18)22-3-4-23-12/h5-6H,1-4,7H2. The van der Waals surface area contributed by atoms with Crippen LogP contribution in [0.5, 0.6) is 0 Å². The van der Waals surface area contributed by atoms with Crippen LogP contribution in [0.2, 0.25) is 5.02 Å². The summed E-state index contributed by atoms with van der Waals surface area (Å²) in [6.45, 7) is 1.41. The number of nitro benzene ring substituents is 1. The molecule has 2 fully saturated rings. The molecule has 2 heterocycles. The van der Waals surface area contributed by atoms with E-state index in [0.717, 1.165) is 6.07 Å². The van der Waals surface area contributed by atoms with Gasteiger partial charge in [0.2, 0.25) is 0 Å². The average molecular weight is 353 g/mol. The fourth-order valence-electron chi connectivity index (χ4n) is 2.86. The zero-order valence-corrected chi connectivity index (χ0v) is 12.5. The number of nitro groups is 1. The van der Waals surface area contributed by atoms with Gasteiger partial charge in [-0.3, -0.25) is 10.1 Å². The van der Waals surface area contributed by atoms with Gasteiger partial charge in [0.05, 0.1) is 35.3 Å². The molecular formula is C13H12ClF3N2O4. The molecule has 0 atom stereocenters. The highest BCUT2D eigenvalue weighted by molar-refractivity contribution is 6.31. The van der Waals surface area contributed by atoms with Gasteiger partial charge in [0.25, 0.3) is 5.69 Å². The van der Waals surface area contributed by atoms with E-state index in [-0.39, 0.29) is 12.2 Å². The minimum Gasteiger partial charge on any atom is -0.360 e. The maximum Gasteiger partial charge on any atom is 0.418 e. The van der Waals surface area contributed by atoms with Crippen molar-refractivity contribution in [2.24, 2.45) is 0 Å².